The number of rotatable bonds is 3. The van der Waals surface area contributed by atoms with E-state index in [-0.39, 0.29) is 11.4 Å². The lowest BCUT2D eigenvalue weighted by Crippen LogP contribution is -2.17. The SMILES string of the molecule is CC(=O)Nc1ccc(NC(=O)c2cc(C)on2)c(C(F)(F)F)c1. The van der Waals surface area contributed by atoms with Gasteiger partial charge in [0.05, 0.1) is 11.3 Å². The first-order valence-corrected chi connectivity index (χ1v) is 6.40. The molecule has 2 N–H and O–H groups in total. The van der Waals surface area contributed by atoms with Crippen LogP contribution in [-0.4, -0.2) is 17.0 Å². The molecule has 1 aromatic carbocycles. The van der Waals surface area contributed by atoms with Crippen molar-refractivity contribution in [2.24, 2.45) is 0 Å². The first kappa shape index (κ1) is 16.5. The molecule has 0 aliphatic rings. The van der Waals surface area contributed by atoms with E-state index in [1.807, 2.05) is 0 Å². The summed E-state index contributed by atoms with van der Waals surface area (Å²) in [5.41, 5.74) is -1.70. The van der Waals surface area contributed by atoms with E-state index in [2.05, 4.69) is 15.8 Å². The summed E-state index contributed by atoms with van der Waals surface area (Å²) in [7, 11) is 0. The number of nitrogens with zero attached hydrogens (tertiary/aromatic N) is 1. The number of benzene rings is 1. The van der Waals surface area contributed by atoms with E-state index in [0.29, 0.717) is 5.76 Å². The molecule has 1 heterocycles. The lowest BCUT2D eigenvalue weighted by atomic mass is 10.1. The molecule has 1 aromatic heterocycles. The molecule has 2 rings (SSSR count). The highest BCUT2D eigenvalue weighted by atomic mass is 19.4. The molecule has 0 radical (unpaired) electrons. The minimum Gasteiger partial charge on any atom is -0.361 e. The van der Waals surface area contributed by atoms with Gasteiger partial charge in [0.15, 0.2) is 5.69 Å². The number of hydrogen-bond donors (Lipinski definition) is 2. The van der Waals surface area contributed by atoms with Crippen LogP contribution in [0.2, 0.25) is 0 Å². The van der Waals surface area contributed by atoms with Gasteiger partial charge in [0.2, 0.25) is 5.91 Å². The van der Waals surface area contributed by atoms with Crippen LogP contribution in [0.15, 0.2) is 28.8 Å². The molecule has 0 bridgehead atoms. The maximum atomic E-state index is 13.1. The molecule has 2 aromatic rings. The number of amides is 2. The quantitative estimate of drug-likeness (QED) is 0.906. The summed E-state index contributed by atoms with van der Waals surface area (Å²) < 4.78 is 44.1. The molecule has 0 saturated heterocycles. The van der Waals surface area contributed by atoms with Crippen molar-refractivity contribution in [3.8, 4) is 0 Å². The van der Waals surface area contributed by atoms with Gasteiger partial charge in [-0.15, -0.1) is 0 Å². The highest BCUT2D eigenvalue weighted by Gasteiger charge is 2.34. The smallest absolute Gasteiger partial charge is 0.361 e. The Hall–Kier alpha value is -2.84. The molecule has 0 unspecified atom stereocenters. The lowest BCUT2D eigenvalue weighted by molar-refractivity contribution is -0.137. The van der Waals surface area contributed by atoms with Crippen LogP contribution in [0.1, 0.15) is 28.7 Å². The summed E-state index contributed by atoms with van der Waals surface area (Å²) in [6.45, 7) is 2.73. The molecule has 0 saturated carbocycles. The Kier molecular flexibility index (Phi) is 4.39. The number of aromatic nitrogens is 1. The van der Waals surface area contributed by atoms with Gasteiger partial charge < -0.3 is 15.2 Å². The fourth-order valence-electron chi connectivity index (χ4n) is 1.83. The number of halogens is 3. The van der Waals surface area contributed by atoms with Crippen LogP contribution in [0.5, 0.6) is 0 Å². The van der Waals surface area contributed by atoms with Crippen LogP contribution in [-0.2, 0) is 11.0 Å². The molecular formula is C14H12F3N3O3. The summed E-state index contributed by atoms with van der Waals surface area (Å²) in [6.07, 6.45) is -4.71. The van der Waals surface area contributed by atoms with E-state index < -0.39 is 29.2 Å². The van der Waals surface area contributed by atoms with Crippen molar-refractivity contribution < 1.29 is 27.3 Å². The van der Waals surface area contributed by atoms with Gasteiger partial charge in [-0.25, -0.2) is 0 Å². The first-order chi connectivity index (χ1) is 10.7. The van der Waals surface area contributed by atoms with E-state index in [1.165, 1.54) is 19.1 Å². The molecule has 6 nitrogen and oxygen atoms in total. The highest BCUT2D eigenvalue weighted by molar-refractivity contribution is 6.03. The second kappa shape index (κ2) is 6.11. The largest absolute Gasteiger partial charge is 0.418 e. The van der Waals surface area contributed by atoms with Gasteiger partial charge in [0.25, 0.3) is 5.91 Å². The number of carbonyl (C=O) groups excluding carboxylic acids is 2. The van der Waals surface area contributed by atoms with E-state index in [9.17, 15) is 22.8 Å². The first-order valence-electron chi connectivity index (χ1n) is 6.40. The Morgan fingerprint density at radius 3 is 2.39 bits per heavy atom. The Labute approximate surface area is 128 Å². The number of aryl methyl sites for hydroxylation is 1. The molecule has 0 aliphatic heterocycles. The summed E-state index contributed by atoms with van der Waals surface area (Å²) in [6, 6.07) is 4.35. The van der Waals surface area contributed by atoms with Crippen molar-refractivity contribution in [2.75, 3.05) is 10.6 Å². The van der Waals surface area contributed by atoms with Gasteiger partial charge in [0.1, 0.15) is 5.76 Å². The van der Waals surface area contributed by atoms with Crippen molar-refractivity contribution >= 4 is 23.2 Å². The molecule has 0 atom stereocenters. The fourth-order valence-corrected chi connectivity index (χ4v) is 1.83. The molecular weight excluding hydrogens is 315 g/mol. The monoisotopic (exact) mass is 327 g/mol. The van der Waals surface area contributed by atoms with Gasteiger partial charge in [-0.05, 0) is 25.1 Å². The van der Waals surface area contributed by atoms with E-state index in [0.717, 1.165) is 12.1 Å². The summed E-state index contributed by atoms with van der Waals surface area (Å²) in [5, 5.41) is 7.82. The van der Waals surface area contributed by atoms with Crippen molar-refractivity contribution in [1.82, 2.24) is 5.16 Å². The fraction of sp³-hybridized carbons (Fsp3) is 0.214. The maximum absolute atomic E-state index is 13.1. The zero-order chi connectivity index (χ0) is 17.2. The topological polar surface area (TPSA) is 84.2 Å². The Balaban J connectivity index is 2.33. The van der Waals surface area contributed by atoms with Crippen LogP contribution in [0.4, 0.5) is 24.5 Å². The van der Waals surface area contributed by atoms with E-state index in [4.69, 9.17) is 4.52 Å². The number of alkyl halides is 3. The Bertz CT molecular complexity index is 753. The molecule has 23 heavy (non-hydrogen) atoms. The number of carbonyl (C=O) groups is 2. The van der Waals surface area contributed by atoms with Crippen molar-refractivity contribution in [1.29, 1.82) is 0 Å². The molecule has 9 heteroatoms. The zero-order valence-corrected chi connectivity index (χ0v) is 12.1. The second-order valence-corrected chi connectivity index (χ2v) is 4.72. The Morgan fingerprint density at radius 1 is 1.17 bits per heavy atom. The summed E-state index contributed by atoms with van der Waals surface area (Å²) in [5.74, 6) is -0.986. The van der Waals surface area contributed by atoms with Gasteiger partial charge in [-0.3, -0.25) is 9.59 Å². The third-order valence-corrected chi connectivity index (χ3v) is 2.75. The highest BCUT2D eigenvalue weighted by Crippen LogP contribution is 2.36. The average Bonchev–Trinajstić information content (AvgIpc) is 2.85. The summed E-state index contributed by atoms with van der Waals surface area (Å²) >= 11 is 0. The zero-order valence-electron chi connectivity index (χ0n) is 12.1. The number of anilines is 2. The third-order valence-electron chi connectivity index (χ3n) is 2.75. The van der Waals surface area contributed by atoms with Crippen LogP contribution < -0.4 is 10.6 Å². The van der Waals surface area contributed by atoms with Gasteiger partial charge >= 0.3 is 6.18 Å². The normalized spacial score (nSPS) is 11.2. The van der Waals surface area contributed by atoms with Gasteiger partial charge in [-0.1, -0.05) is 5.16 Å². The second-order valence-electron chi connectivity index (χ2n) is 4.72. The number of hydrogen-bond acceptors (Lipinski definition) is 4. The summed E-state index contributed by atoms with van der Waals surface area (Å²) in [4.78, 5) is 22.8. The predicted octanol–water partition coefficient (Wildman–Crippen LogP) is 3.21. The van der Waals surface area contributed by atoms with Crippen molar-refractivity contribution in [2.45, 2.75) is 20.0 Å². The van der Waals surface area contributed by atoms with Gasteiger partial charge in [-0.2, -0.15) is 13.2 Å². The van der Waals surface area contributed by atoms with Crippen LogP contribution in [0.3, 0.4) is 0 Å². The van der Waals surface area contributed by atoms with Gasteiger partial charge in [0, 0.05) is 18.7 Å². The van der Waals surface area contributed by atoms with Crippen LogP contribution in [0, 0.1) is 6.92 Å². The van der Waals surface area contributed by atoms with Crippen molar-refractivity contribution in [3.05, 3.63) is 41.3 Å². The van der Waals surface area contributed by atoms with Crippen LogP contribution in [0.25, 0.3) is 0 Å². The standard InChI is InChI=1S/C14H12F3N3O3/c1-7-5-12(20-23-7)13(22)19-11-4-3-9(18-8(2)21)6-10(11)14(15,16)17/h3-6H,1-2H3,(H,18,21)(H,19,22). The molecule has 0 fully saturated rings. The van der Waals surface area contributed by atoms with E-state index >= 15 is 0 Å². The minimum atomic E-state index is -4.71. The minimum absolute atomic E-state index is 0.0277. The molecule has 0 spiro atoms. The lowest BCUT2D eigenvalue weighted by Gasteiger charge is -2.15. The van der Waals surface area contributed by atoms with Crippen LogP contribution >= 0.6 is 0 Å². The maximum Gasteiger partial charge on any atom is 0.418 e. The molecule has 122 valence electrons. The van der Waals surface area contributed by atoms with E-state index in [1.54, 1.807) is 6.92 Å². The predicted molar refractivity (Wildman–Crippen MR) is 74.9 cm³/mol. The molecule has 0 aliphatic carbocycles. The van der Waals surface area contributed by atoms with Crippen molar-refractivity contribution in [3.63, 3.8) is 0 Å². The Morgan fingerprint density at radius 2 is 1.87 bits per heavy atom. The molecule has 2 amide bonds. The number of nitrogens with one attached hydrogen (secondary N) is 2. The average molecular weight is 327 g/mol. The third kappa shape index (κ3) is 4.09.